The molecule has 9 heteroatoms. The number of hydrogen-bond acceptors (Lipinski definition) is 5. The van der Waals surface area contributed by atoms with Gasteiger partial charge in [-0.3, -0.25) is 4.79 Å². The van der Waals surface area contributed by atoms with Gasteiger partial charge in [-0.15, -0.1) is 0 Å². The lowest BCUT2D eigenvalue weighted by molar-refractivity contribution is -0.147. The molecule has 1 atom stereocenters. The van der Waals surface area contributed by atoms with Crippen LogP contribution in [0.5, 0.6) is 0 Å². The van der Waals surface area contributed by atoms with Crippen LogP contribution >= 0.6 is 35.0 Å². The molecule has 0 spiro atoms. The number of carbonyl (C=O) groups excluding carboxylic acids is 1. The fourth-order valence-electron chi connectivity index (χ4n) is 2.17. The molecule has 0 radical (unpaired) electrons. The molecule has 27 heavy (non-hydrogen) atoms. The third-order valence-corrected chi connectivity index (χ3v) is 6.25. The first-order chi connectivity index (χ1) is 12.8. The van der Waals surface area contributed by atoms with Gasteiger partial charge < -0.3 is 4.74 Å². The van der Waals surface area contributed by atoms with Crippen LogP contribution in [0.25, 0.3) is 0 Å². The Morgan fingerprint density at radius 1 is 1.07 bits per heavy atom. The van der Waals surface area contributed by atoms with Crippen LogP contribution in [0.1, 0.15) is 12.0 Å². The van der Waals surface area contributed by atoms with Gasteiger partial charge in [-0.05, 0) is 60.4 Å². The van der Waals surface area contributed by atoms with E-state index in [1.165, 1.54) is 36.0 Å². The number of thioether (sulfide) groups is 1. The van der Waals surface area contributed by atoms with Crippen molar-refractivity contribution in [3.8, 4) is 0 Å². The summed E-state index contributed by atoms with van der Waals surface area (Å²) >= 11 is 13.1. The number of carbonyl (C=O) groups is 1. The van der Waals surface area contributed by atoms with Crippen molar-refractivity contribution in [2.75, 3.05) is 12.0 Å². The monoisotopic (exact) mass is 447 g/mol. The van der Waals surface area contributed by atoms with Crippen molar-refractivity contribution in [2.45, 2.75) is 24.0 Å². The topological polar surface area (TPSA) is 72.5 Å². The molecule has 0 bridgehead atoms. The number of esters is 1. The Morgan fingerprint density at radius 3 is 2.19 bits per heavy atom. The Bertz CT molecular complexity index is 856. The molecule has 1 N–H and O–H groups in total. The third-order valence-electron chi connectivity index (χ3n) is 3.61. The highest BCUT2D eigenvalue weighted by Gasteiger charge is 2.26. The van der Waals surface area contributed by atoms with E-state index >= 15 is 0 Å². The SMILES string of the molecule is CSCC[C@@H](NS(=O)(=O)c1ccc(Cl)cc1)C(=O)OCc1ccc(Cl)cc1. The standard InChI is InChI=1S/C18H19Cl2NO4S2/c1-26-11-10-17(18(22)25-12-13-2-4-14(19)5-3-13)21-27(23,24)16-8-6-15(20)7-9-16/h2-9,17,21H,10-12H2,1H3/t17-/m1/s1. The van der Waals surface area contributed by atoms with E-state index in [-0.39, 0.29) is 11.5 Å². The third kappa shape index (κ3) is 7.01. The molecule has 0 aliphatic rings. The Labute approximate surface area is 173 Å². The number of sulfonamides is 1. The molecule has 0 unspecified atom stereocenters. The molecule has 0 heterocycles. The maximum Gasteiger partial charge on any atom is 0.324 e. The summed E-state index contributed by atoms with van der Waals surface area (Å²) in [6, 6.07) is 11.6. The van der Waals surface area contributed by atoms with Crippen LogP contribution in [0.2, 0.25) is 10.0 Å². The summed E-state index contributed by atoms with van der Waals surface area (Å²) in [5.41, 5.74) is 0.761. The molecule has 2 aromatic rings. The number of nitrogens with one attached hydrogen (secondary N) is 1. The number of halogens is 2. The normalized spacial score (nSPS) is 12.6. The predicted octanol–water partition coefficient (Wildman–Crippen LogP) is 4.14. The Hall–Kier alpha value is -1.25. The van der Waals surface area contributed by atoms with Gasteiger partial charge in [0.2, 0.25) is 10.0 Å². The molecule has 0 saturated carbocycles. The van der Waals surface area contributed by atoms with Gasteiger partial charge in [-0.25, -0.2) is 8.42 Å². The zero-order chi connectivity index (χ0) is 19.9. The van der Waals surface area contributed by atoms with Gasteiger partial charge in [0.05, 0.1) is 4.90 Å². The van der Waals surface area contributed by atoms with Crippen molar-refractivity contribution >= 4 is 51.0 Å². The molecule has 0 aromatic heterocycles. The first-order valence-electron chi connectivity index (χ1n) is 8.00. The van der Waals surface area contributed by atoms with Crippen LogP contribution < -0.4 is 4.72 Å². The van der Waals surface area contributed by atoms with E-state index in [0.29, 0.717) is 22.2 Å². The van der Waals surface area contributed by atoms with Gasteiger partial charge in [0, 0.05) is 10.0 Å². The van der Waals surface area contributed by atoms with Crippen LogP contribution in [0.4, 0.5) is 0 Å². The predicted molar refractivity (Wildman–Crippen MR) is 110 cm³/mol. The summed E-state index contributed by atoms with van der Waals surface area (Å²) in [6.45, 7) is 0.0362. The Balaban J connectivity index is 2.07. The second-order valence-electron chi connectivity index (χ2n) is 5.64. The quantitative estimate of drug-likeness (QED) is 0.584. The lowest BCUT2D eigenvalue weighted by Crippen LogP contribution is -2.42. The van der Waals surface area contributed by atoms with E-state index in [2.05, 4.69) is 4.72 Å². The number of rotatable bonds is 9. The molecule has 0 amide bonds. The molecule has 2 aromatic carbocycles. The number of ether oxygens (including phenoxy) is 1. The van der Waals surface area contributed by atoms with Crippen LogP contribution in [-0.2, 0) is 26.2 Å². The summed E-state index contributed by atoms with van der Waals surface area (Å²) in [7, 11) is -3.88. The second-order valence-corrected chi connectivity index (χ2v) is 9.22. The fraction of sp³-hybridized carbons (Fsp3) is 0.278. The van der Waals surface area contributed by atoms with Gasteiger partial charge in [0.25, 0.3) is 0 Å². The van der Waals surface area contributed by atoms with Crippen molar-refractivity contribution in [1.82, 2.24) is 4.72 Å². The average molecular weight is 448 g/mol. The molecular formula is C18H19Cl2NO4S2. The smallest absolute Gasteiger partial charge is 0.324 e. The highest BCUT2D eigenvalue weighted by Crippen LogP contribution is 2.16. The van der Waals surface area contributed by atoms with Gasteiger partial charge in [-0.2, -0.15) is 16.5 Å². The first kappa shape index (κ1) is 22.0. The Kier molecular flexibility index (Phi) is 8.44. The maximum absolute atomic E-state index is 12.5. The van der Waals surface area contributed by atoms with E-state index < -0.39 is 22.0 Å². The fourth-order valence-corrected chi connectivity index (χ4v) is 4.11. The molecule has 0 aliphatic heterocycles. The maximum atomic E-state index is 12.5. The zero-order valence-corrected chi connectivity index (χ0v) is 17.7. The minimum atomic E-state index is -3.88. The highest BCUT2D eigenvalue weighted by molar-refractivity contribution is 7.98. The highest BCUT2D eigenvalue weighted by atomic mass is 35.5. The molecule has 146 valence electrons. The van der Waals surface area contributed by atoms with Crippen molar-refractivity contribution in [1.29, 1.82) is 0 Å². The van der Waals surface area contributed by atoms with E-state index in [9.17, 15) is 13.2 Å². The van der Waals surface area contributed by atoms with Crippen LogP contribution in [0, 0.1) is 0 Å². The summed E-state index contributed by atoms with van der Waals surface area (Å²) < 4.78 is 32.8. The minimum Gasteiger partial charge on any atom is -0.460 e. The van der Waals surface area contributed by atoms with Crippen molar-refractivity contribution < 1.29 is 17.9 Å². The summed E-state index contributed by atoms with van der Waals surface area (Å²) in [5.74, 6) is -0.0272. The molecular weight excluding hydrogens is 429 g/mol. The number of hydrogen-bond donors (Lipinski definition) is 1. The molecule has 2 rings (SSSR count). The minimum absolute atomic E-state index is 0.0338. The molecule has 5 nitrogen and oxygen atoms in total. The van der Waals surface area contributed by atoms with Crippen molar-refractivity contribution in [2.24, 2.45) is 0 Å². The van der Waals surface area contributed by atoms with Gasteiger partial charge in [-0.1, -0.05) is 35.3 Å². The Morgan fingerprint density at radius 2 is 1.63 bits per heavy atom. The van der Waals surface area contributed by atoms with Gasteiger partial charge >= 0.3 is 5.97 Å². The van der Waals surface area contributed by atoms with E-state index in [1.807, 2.05) is 6.26 Å². The first-order valence-corrected chi connectivity index (χ1v) is 11.6. The van der Waals surface area contributed by atoms with Crippen LogP contribution in [-0.4, -0.2) is 32.4 Å². The van der Waals surface area contributed by atoms with Crippen LogP contribution in [0.15, 0.2) is 53.4 Å². The van der Waals surface area contributed by atoms with Gasteiger partial charge in [0.15, 0.2) is 0 Å². The second kappa shape index (κ2) is 10.3. The molecule has 0 saturated heterocycles. The molecule has 0 fully saturated rings. The lowest BCUT2D eigenvalue weighted by Gasteiger charge is -2.17. The van der Waals surface area contributed by atoms with E-state index in [0.717, 1.165) is 5.56 Å². The molecule has 0 aliphatic carbocycles. The summed E-state index contributed by atoms with van der Waals surface area (Å²) in [4.78, 5) is 12.5. The average Bonchev–Trinajstić information content (AvgIpc) is 2.64. The van der Waals surface area contributed by atoms with Crippen LogP contribution in [0.3, 0.4) is 0 Å². The van der Waals surface area contributed by atoms with Gasteiger partial charge in [0.1, 0.15) is 12.6 Å². The summed E-state index contributed by atoms with van der Waals surface area (Å²) in [5, 5.41) is 1.01. The lowest BCUT2D eigenvalue weighted by atomic mass is 10.2. The number of benzene rings is 2. The zero-order valence-electron chi connectivity index (χ0n) is 14.5. The largest absolute Gasteiger partial charge is 0.460 e. The van der Waals surface area contributed by atoms with E-state index in [4.69, 9.17) is 27.9 Å². The van der Waals surface area contributed by atoms with E-state index in [1.54, 1.807) is 24.3 Å². The van der Waals surface area contributed by atoms with Crippen molar-refractivity contribution in [3.05, 3.63) is 64.1 Å². The van der Waals surface area contributed by atoms with Crippen molar-refractivity contribution in [3.63, 3.8) is 0 Å². The summed E-state index contributed by atoms with van der Waals surface area (Å²) in [6.07, 6.45) is 2.19.